The molecule has 0 spiro atoms. The zero-order chi connectivity index (χ0) is 49.2. The van der Waals surface area contributed by atoms with Crippen LogP contribution in [0.2, 0.25) is 0 Å². The van der Waals surface area contributed by atoms with E-state index in [9.17, 15) is 9.59 Å². The molecular weight excluding hydrogens is 837 g/mol. The molecule has 0 unspecified atom stereocenters. The molecule has 5 heteroatoms. The maximum atomic E-state index is 12.9. The number of rotatable bonds is 53. The summed E-state index contributed by atoms with van der Waals surface area (Å²) in [7, 11) is 0. The van der Waals surface area contributed by atoms with Crippen molar-refractivity contribution in [3.63, 3.8) is 0 Å². The summed E-state index contributed by atoms with van der Waals surface area (Å²) in [4.78, 5) is 25.5. The second kappa shape index (κ2) is 58.4. The zero-order valence-electron chi connectivity index (χ0n) is 45.1. The lowest BCUT2D eigenvalue weighted by Crippen LogP contribution is -2.30. The molecule has 0 saturated heterocycles. The first kappa shape index (κ1) is 65.1. The summed E-state index contributed by atoms with van der Waals surface area (Å²) in [6.45, 7) is 7.68. The van der Waals surface area contributed by atoms with Gasteiger partial charge in [-0.3, -0.25) is 9.59 Å². The van der Waals surface area contributed by atoms with Crippen LogP contribution in [-0.2, 0) is 23.8 Å². The molecule has 0 aliphatic carbocycles. The molecule has 0 heterocycles. The average Bonchev–Trinajstić information content (AvgIpc) is 3.34. The largest absolute Gasteiger partial charge is 0.462 e. The number of ether oxygens (including phenoxy) is 3. The average molecular weight is 948 g/mol. The summed E-state index contributed by atoms with van der Waals surface area (Å²) < 4.78 is 17.5. The Labute approximate surface area is 422 Å². The van der Waals surface area contributed by atoms with Crippen LogP contribution in [0.3, 0.4) is 0 Å². The van der Waals surface area contributed by atoms with Crippen molar-refractivity contribution in [3.05, 3.63) is 85.1 Å². The van der Waals surface area contributed by atoms with Gasteiger partial charge in [-0.2, -0.15) is 0 Å². The predicted molar refractivity (Wildman–Crippen MR) is 297 cm³/mol. The second-order valence-corrected chi connectivity index (χ2v) is 19.2. The van der Waals surface area contributed by atoms with E-state index >= 15 is 0 Å². The number of hydrogen-bond donors (Lipinski definition) is 0. The Kier molecular flexibility index (Phi) is 55.9. The van der Waals surface area contributed by atoms with Crippen LogP contribution >= 0.6 is 0 Å². The standard InChI is InChI=1S/C63H110O5/c1-4-7-10-13-16-19-22-25-28-31-32-34-36-39-42-45-48-51-54-57-63(65)68-61(59-66-58-55-52-49-46-43-40-37-30-27-24-21-18-15-12-9-6-3)60-67-62(64)56-53-50-47-44-41-38-35-33-29-26-23-20-17-14-11-8-5-2/h7,10,16-17,19-20,25-26,28-29,32,34,39,42,61H,4-6,8-9,11-15,18,21-24,27,30-31,33,35-38,40-41,43-60H2,1-3H3/b10-7-,19-16-,20-17-,28-25-,29-26-,34-32-,42-39-/t61-/m1/s1. The lowest BCUT2D eigenvalue weighted by molar-refractivity contribution is -0.163. The smallest absolute Gasteiger partial charge is 0.306 e. The fourth-order valence-corrected chi connectivity index (χ4v) is 8.10. The Morgan fingerprint density at radius 1 is 0.338 bits per heavy atom. The van der Waals surface area contributed by atoms with Crippen molar-refractivity contribution in [1.29, 1.82) is 0 Å². The van der Waals surface area contributed by atoms with E-state index in [-0.39, 0.29) is 25.2 Å². The fraction of sp³-hybridized carbons (Fsp3) is 0.746. The van der Waals surface area contributed by atoms with Crippen LogP contribution in [0.1, 0.15) is 278 Å². The molecule has 0 fully saturated rings. The molecule has 392 valence electrons. The van der Waals surface area contributed by atoms with Gasteiger partial charge in [0.05, 0.1) is 6.61 Å². The number of esters is 2. The van der Waals surface area contributed by atoms with E-state index in [0.717, 1.165) is 96.3 Å². The summed E-state index contributed by atoms with van der Waals surface area (Å²) in [6.07, 6.45) is 77.4. The quantitative estimate of drug-likeness (QED) is 0.0345. The van der Waals surface area contributed by atoms with Crippen molar-refractivity contribution < 1.29 is 23.8 Å². The van der Waals surface area contributed by atoms with Gasteiger partial charge in [-0.05, 0) is 96.3 Å². The van der Waals surface area contributed by atoms with Crippen LogP contribution in [0.5, 0.6) is 0 Å². The minimum Gasteiger partial charge on any atom is -0.462 e. The molecule has 0 rings (SSSR count). The molecule has 1 atom stereocenters. The van der Waals surface area contributed by atoms with E-state index in [2.05, 4.69) is 106 Å². The van der Waals surface area contributed by atoms with Gasteiger partial charge in [0.2, 0.25) is 0 Å². The number of unbranched alkanes of at least 4 members (excludes halogenated alkanes) is 28. The summed E-state index contributed by atoms with van der Waals surface area (Å²) in [5.74, 6) is -0.435. The monoisotopic (exact) mass is 947 g/mol. The molecule has 0 amide bonds. The fourth-order valence-electron chi connectivity index (χ4n) is 8.10. The van der Waals surface area contributed by atoms with Gasteiger partial charge in [-0.1, -0.05) is 254 Å². The van der Waals surface area contributed by atoms with Crippen molar-refractivity contribution >= 4 is 11.9 Å². The van der Waals surface area contributed by atoms with E-state index in [1.54, 1.807) is 0 Å². The molecule has 0 saturated carbocycles. The highest BCUT2D eigenvalue weighted by Gasteiger charge is 2.17. The first-order chi connectivity index (χ1) is 33.6. The summed E-state index contributed by atoms with van der Waals surface area (Å²) >= 11 is 0. The maximum Gasteiger partial charge on any atom is 0.306 e. The van der Waals surface area contributed by atoms with Gasteiger partial charge in [0, 0.05) is 19.4 Å². The molecule has 0 N–H and O–H groups in total. The van der Waals surface area contributed by atoms with Crippen LogP contribution in [0, 0.1) is 0 Å². The highest BCUT2D eigenvalue weighted by Crippen LogP contribution is 2.15. The SMILES string of the molecule is CC/C=C\C/C=C\C/C=C\C/C=C\C/C=C\CCCCCC(=O)O[C@H](COCCCCCCCCCCCCCCCCCC)COC(=O)CCCCCCCCC/C=C\C/C=C\CCCCC. The van der Waals surface area contributed by atoms with E-state index in [1.807, 2.05) is 0 Å². The third kappa shape index (κ3) is 55.7. The van der Waals surface area contributed by atoms with E-state index in [4.69, 9.17) is 14.2 Å². The van der Waals surface area contributed by atoms with Crippen molar-refractivity contribution in [1.82, 2.24) is 0 Å². The van der Waals surface area contributed by atoms with Gasteiger partial charge in [-0.15, -0.1) is 0 Å². The van der Waals surface area contributed by atoms with E-state index < -0.39 is 6.10 Å². The number of allylic oxidation sites excluding steroid dienone is 14. The van der Waals surface area contributed by atoms with Gasteiger partial charge >= 0.3 is 11.9 Å². The third-order valence-corrected chi connectivity index (χ3v) is 12.4. The van der Waals surface area contributed by atoms with Crippen molar-refractivity contribution in [2.75, 3.05) is 19.8 Å². The topological polar surface area (TPSA) is 61.8 Å². The van der Waals surface area contributed by atoms with Crippen LogP contribution in [-0.4, -0.2) is 37.9 Å². The minimum absolute atomic E-state index is 0.0668. The van der Waals surface area contributed by atoms with Gasteiger partial charge in [0.15, 0.2) is 6.10 Å². The molecule has 0 aliphatic heterocycles. The minimum atomic E-state index is -0.560. The van der Waals surface area contributed by atoms with Gasteiger partial charge < -0.3 is 14.2 Å². The Morgan fingerprint density at radius 2 is 0.662 bits per heavy atom. The summed E-state index contributed by atoms with van der Waals surface area (Å²) in [5.41, 5.74) is 0. The van der Waals surface area contributed by atoms with E-state index in [1.165, 1.54) is 148 Å². The molecule has 0 bridgehead atoms. The molecule has 0 aliphatic rings. The second-order valence-electron chi connectivity index (χ2n) is 19.2. The normalized spacial score (nSPS) is 12.8. The molecule has 0 aromatic heterocycles. The molecule has 68 heavy (non-hydrogen) atoms. The Bertz CT molecular complexity index is 1250. The van der Waals surface area contributed by atoms with Crippen LogP contribution in [0.4, 0.5) is 0 Å². The van der Waals surface area contributed by atoms with Gasteiger partial charge in [-0.25, -0.2) is 0 Å². The van der Waals surface area contributed by atoms with Crippen LogP contribution in [0.25, 0.3) is 0 Å². The Morgan fingerprint density at radius 3 is 1.10 bits per heavy atom. The zero-order valence-corrected chi connectivity index (χ0v) is 45.1. The Hall–Kier alpha value is -2.92. The molecule has 0 aromatic rings. The van der Waals surface area contributed by atoms with E-state index in [0.29, 0.717) is 19.4 Å². The molecule has 0 radical (unpaired) electrons. The van der Waals surface area contributed by atoms with Gasteiger partial charge in [0.25, 0.3) is 0 Å². The molecule has 0 aromatic carbocycles. The predicted octanol–water partition coefficient (Wildman–Crippen LogP) is 20.0. The number of carbonyl (C=O) groups is 2. The number of hydrogen-bond acceptors (Lipinski definition) is 5. The highest BCUT2D eigenvalue weighted by molar-refractivity contribution is 5.70. The Balaban J connectivity index is 4.35. The lowest BCUT2D eigenvalue weighted by Gasteiger charge is -2.18. The summed E-state index contributed by atoms with van der Waals surface area (Å²) in [6, 6.07) is 0. The first-order valence-electron chi connectivity index (χ1n) is 29.1. The highest BCUT2D eigenvalue weighted by atomic mass is 16.6. The van der Waals surface area contributed by atoms with Crippen LogP contribution in [0.15, 0.2) is 85.1 Å². The van der Waals surface area contributed by atoms with Crippen LogP contribution < -0.4 is 0 Å². The van der Waals surface area contributed by atoms with Crippen molar-refractivity contribution in [3.8, 4) is 0 Å². The number of carbonyl (C=O) groups excluding carboxylic acids is 2. The third-order valence-electron chi connectivity index (χ3n) is 12.4. The lowest BCUT2D eigenvalue weighted by atomic mass is 10.0. The van der Waals surface area contributed by atoms with Crippen molar-refractivity contribution in [2.24, 2.45) is 0 Å². The summed E-state index contributed by atoms with van der Waals surface area (Å²) in [5, 5.41) is 0. The molecular formula is C63H110O5. The first-order valence-corrected chi connectivity index (χ1v) is 29.1. The van der Waals surface area contributed by atoms with Crippen molar-refractivity contribution in [2.45, 2.75) is 284 Å². The van der Waals surface area contributed by atoms with Gasteiger partial charge in [0.1, 0.15) is 6.61 Å². The molecule has 5 nitrogen and oxygen atoms in total. The maximum absolute atomic E-state index is 12.9.